The van der Waals surface area contributed by atoms with Gasteiger partial charge in [0.25, 0.3) is 0 Å². The molecule has 0 aliphatic carbocycles. The Balaban J connectivity index is 4.13. The van der Waals surface area contributed by atoms with Gasteiger partial charge in [0, 0.05) is 12.8 Å². The highest BCUT2D eigenvalue weighted by molar-refractivity contribution is 7.90. The Morgan fingerprint density at radius 1 is 1.38 bits per heavy atom. The lowest BCUT2D eigenvalue weighted by atomic mass is 9.95. The van der Waals surface area contributed by atoms with Gasteiger partial charge in [0.2, 0.25) is 0 Å². The van der Waals surface area contributed by atoms with Crippen LogP contribution in [0.5, 0.6) is 0 Å². The van der Waals surface area contributed by atoms with E-state index in [1.807, 2.05) is 6.92 Å². The zero-order valence-corrected chi connectivity index (χ0v) is 9.10. The van der Waals surface area contributed by atoms with Crippen molar-refractivity contribution in [2.24, 2.45) is 5.73 Å². The average molecular weight is 209 g/mol. The Hall–Kier alpha value is -0.130. The van der Waals surface area contributed by atoms with E-state index in [0.29, 0.717) is 6.42 Å². The third-order valence-electron chi connectivity index (χ3n) is 2.03. The second-order valence-corrected chi connectivity index (χ2v) is 5.82. The molecule has 0 spiro atoms. The van der Waals surface area contributed by atoms with E-state index in [1.165, 1.54) is 0 Å². The van der Waals surface area contributed by atoms with Crippen LogP contribution >= 0.6 is 0 Å². The van der Waals surface area contributed by atoms with Crippen LogP contribution in [0, 0.1) is 0 Å². The first kappa shape index (κ1) is 12.9. The molecule has 0 saturated carbocycles. The summed E-state index contributed by atoms with van der Waals surface area (Å²) in [6, 6.07) is 0. The largest absolute Gasteiger partial charge is 0.389 e. The molecule has 0 aromatic rings. The minimum absolute atomic E-state index is 0.000694. The zero-order chi connectivity index (χ0) is 10.5. The minimum Gasteiger partial charge on any atom is -0.389 e. The molecule has 0 aromatic carbocycles. The molecule has 0 aliphatic rings. The van der Waals surface area contributed by atoms with E-state index in [9.17, 15) is 13.5 Å². The van der Waals surface area contributed by atoms with Crippen molar-refractivity contribution in [3.05, 3.63) is 0 Å². The van der Waals surface area contributed by atoms with Crippen LogP contribution in [0.3, 0.4) is 0 Å². The van der Waals surface area contributed by atoms with Gasteiger partial charge in [0.15, 0.2) is 0 Å². The third-order valence-corrected chi connectivity index (χ3v) is 2.98. The molecule has 0 aliphatic heterocycles. The summed E-state index contributed by atoms with van der Waals surface area (Å²) in [6.07, 6.45) is 2.75. The fourth-order valence-corrected chi connectivity index (χ4v) is 1.92. The summed E-state index contributed by atoms with van der Waals surface area (Å²) in [4.78, 5) is 0. The monoisotopic (exact) mass is 209 g/mol. The molecule has 1 atom stereocenters. The van der Waals surface area contributed by atoms with E-state index in [0.717, 1.165) is 12.7 Å². The Bertz CT molecular complexity index is 238. The number of aliphatic hydroxyl groups is 1. The first-order valence-corrected chi connectivity index (χ1v) is 6.49. The molecule has 0 heterocycles. The van der Waals surface area contributed by atoms with Gasteiger partial charge < -0.3 is 10.8 Å². The number of nitrogens with two attached hydrogens (primary N) is 1. The quantitative estimate of drug-likeness (QED) is 0.640. The lowest BCUT2D eigenvalue weighted by Gasteiger charge is -2.25. The van der Waals surface area contributed by atoms with Crippen molar-refractivity contribution in [1.29, 1.82) is 0 Å². The van der Waals surface area contributed by atoms with Crippen LogP contribution in [0.15, 0.2) is 0 Å². The first-order valence-electron chi connectivity index (χ1n) is 4.43. The predicted molar refractivity (Wildman–Crippen MR) is 53.2 cm³/mol. The predicted octanol–water partition coefficient (Wildman–Crippen LogP) is -0.0890. The van der Waals surface area contributed by atoms with Gasteiger partial charge in [-0.15, -0.1) is 0 Å². The van der Waals surface area contributed by atoms with E-state index in [2.05, 4.69) is 0 Å². The van der Waals surface area contributed by atoms with E-state index >= 15 is 0 Å². The van der Waals surface area contributed by atoms with Crippen molar-refractivity contribution in [2.75, 3.05) is 18.6 Å². The molecule has 1 unspecified atom stereocenters. The number of hydrogen-bond acceptors (Lipinski definition) is 4. The van der Waals surface area contributed by atoms with Gasteiger partial charge in [-0.3, -0.25) is 0 Å². The molecule has 0 radical (unpaired) electrons. The zero-order valence-electron chi connectivity index (χ0n) is 8.28. The highest BCUT2D eigenvalue weighted by atomic mass is 32.2. The van der Waals surface area contributed by atoms with Crippen molar-refractivity contribution in [3.8, 4) is 0 Å². The Labute approximate surface area is 80.1 Å². The molecule has 3 N–H and O–H groups in total. The van der Waals surface area contributed by atoms with Crippen LogP contribution in [0.1, 0.15) is 26.2 Å². The van der Waals surface area contributed by atoms with Gasteiger partial charge in [0.05, 0.1) is 11.4 Å². The summed E-state index contributed by atoms with van der Waals surface area (Å²) in [5.74, 6) is 0.000694. The molecule has 13 heavy (non-hydrogen) atoms. The van der Waals surface area contributed by atoms with Crippen molar-refractivity contribution < 1.29 is 13.5 Å². The third kappa shape index (κ3) is 6.01. The van der Waals surface area contributed by atoms with Gasteiger partial charge >= 0.3 is 0 Å². The lowest BCUT2D eigenvalue weighted by Crippen LogP contribution is -2.39. The molecule has 5 heteroatoms. The Kier molecular flexibility index (Phi) is 4.88. The first-order chi connectivity index (χ1) is 5.83. The molecule has 80 valence electrons. The Morgan fingerprint density at radius 3 is 2.23 bits per heavy atom. The molecule has 0 amide bonds. The van der Waals surface area contributed by atoms with E-state index < -0.39 is 15.4 Å². The van der Waals surface area contributed by atoms with Crippen molar-refractivity contribution in [3.63, 3.8) is 0 Å². The van der Waals surface area contributed by atoms with Gasteiger partial charge in [-0.25, -0.2) is 8.42 Å². The van der Waals surface area contributed by atoms with Gasteiger partial charge in [0.1, 0.15) is 9.84 Å². The molecule has 0 fully saturated rings. The van der Waals surface area contributed by atoms with Crippen LogP contribution in [-0.2, 0) is 9.84 Å². The van der Waals surface area contributed by atoms with Crippen LogP contribution in [0.25, 0.3) is 0 Å². The van der Waals surface area contributed by atoms with Crippen LogP contribution in [-0.4, -0.2) is 37.7 Å². The standard InChI is InChI=1S/C8H19NO3S/c1-3-4-8(10,7-9)5-6-13(2,11)12/h10H,3-7,9H2,1-2H3. The van der Waals surface area contributed by atoms with E-state index in [-0.39, 0.29) is 18.7 Å². The fourth-order valence-electron chi connectivity index (χ4n) is 1.17. The van der Waals surface area contributed by atoms with Crippen LogP contribution in [0.4, 0.5) is 0 Å². The average Bonchev–Trinajstić information content (AvgIpc) is 2.01. The van der Waals surface area contributed by atoms with Gasteiger partial charge in [-0.05, 0) is 12.8 Å². The van der Waals surface area contributed by atoms with Crippen molar-refractivity contribution in [2.45, 2.75) is 31.8 Å². The highest BCUT2D eigenvalue weighted by Gasteiger charge is 2.25. The molecule has 0 rings (SSSR count). The molecular formula is C8H19NO3S. The maximum Gasteiger partial charge on any atom is 0.147 e. The maximum atomic E-state index is 10.8. The summed E-state index contributed by atoms with van der Waals surface area (Å²) in [5.41, 5.74) is 4.38. The summed E-state index contributed by atoms with van der Waals surface area (Å²) < 4.78 is 21.7. The van der Waals surface area contributed by atoms with Crippen LogP contribution in [0.2, 0.25) is 0 Å². The Morgan fingerprint density at radius 2 is 1.92 bits per heavy atom. The van der Waals surface area contributed by atoms with Crippen LogP contribution < -0.4 is 5.73 Å². The molecular weight excluding hydrogens is 190 g/mol. The number of hydrogen-bond donors (Lipinski definition) is 2. The van der Waals surface area contributed by atoms with E-state index in [4.69, 9.17) is 5.73 Å². The summed E-state index contributed by atoms with van der Waals surface area (Å²) in [6.45, 7) is 2.05. The molecule has 0 aromatic heterocycles. The SMILES string of the molecule is CCCC(O)(CN)CCS(C)(=O)=O. The number of sulfone groups is 1. The lowest BCUT2D eigenvalue weighted by molar-refractivity contribution is 0.0365. The smallest absolute Gasteiger partial charge is 0.147 e. The normalized spacial score (nSPS) is 16.9. The molecule has 4 nitrogen and oxygen atoms in total. The maximum absolute atomic E-state index is 10.8. The summed E-state index contributed by atoms with van der Waals surface area (Å²) in [7, 11) is -3.00. The fraction of sp³-hybridized carbons (Fsp3) is 1.00. The van der Waals surface area contributed by atoms with Gasteiger partial charge in [-0.2, -0.15) is 0 Å². The second-order valence-electron chi connectivity index (χ2n) is 3.56. The summed E-state index contributed by atoms with van der Waals surface area (Å²) in [5, 5.41) is 9.79. The second kappa shape index (κ2) is 4.93. The van der Waals surface area contributed by atoms with Gasteiger partial charge in [-0.1, -0.05) is 13.3 Å². The molecule has 0 saturated heterocycles. The molecule has 0 bridgehead atoms. The number of rotatable bonds is 6. The van der Waals surface area contributed by atoms with Crippen molar-refractivity contribution >= 4 is 9.84 Å². The highest BCUT2D eigenvalue weighted by Crippen LogP contribution is 2.16. The minimum atomic E-state index is -3.00. The van der Waals surface area contributed by atoms with Crippen molar-refractivity contribution in [1.82, 2.24) is 0 Å². The van der Waals surface area contributed by atoms with E-state index in [1.54, 1.807) is 0 Å². The summed E-state index contributed by atoms with van der Waals surface area (Å²) >= 11 is 0. The topological polar surface area (TPSA) is 80.4 Å².